The van der Waals surface area contributed by atoms with Crippen molar-refractivity contribution in [3.63, 3.8) is 0 Å². The van der Waals surface area contributed by atoms with Crippen LogP contribution in [0.4, 0.5) is 10.5 Å². The van der Waals surface area contributed by atoms with Crippen LogP contribution in [0.1, 0.15) is 66.8 Å². The molecule has 216 valence electrons. The largest absolute Gasteiger partial charge is 0.446 e. The third kappa shape index (κ3) is 5.43. The lowest BCUT2D eigenvalue weighted by molar-refractivity contribution is 0.00500. The van der Waals surface area contributed by atoms with Gasteiger partial charge in [-0.25, -0.2) is 4.79 Å². The van der Waals surface area contributed by atoms with E-state index in [9.17, 15) is 14.4 Å². The van der Waals surface area contributed by atoms with Gasteiger partial charge in [0.05, 0.1) is 24.3 Å². The van der Waals surface area contributed by atoms with Gasteiger partial charge in [0.25, 0.3) is 5.91 Å². The number of nitrogens with zero attached hydrogens (tertiary/aromatic N) is 2. The molecule has 2 amide bonds. The van der Waals surface area contributed by atoms with Crippen LogP contribution >= 0.6 is 0 Å². The van der Waals surface area contributed by atoms with E-state index in [4.69, 9.17) is 15.2 Å². The number of carbonyl (C=O) groups excluding carboxylic acids is 3. The number of primary amides is 1. The van der Waals surface area contributed by atoms with E-state index in [0.29, 0.717) is 44.0 Å². The predicted octanol–water partition coefficient (Wildman–Crippen LogP) is 5.21. The third-order valence-electron chi connectivity index (χ3n) is 8.64. The molecule has 1 aromatic heterocycles. The topological polar surface area (TPSA) is 116 Å². The first-order valence-electron chi connectivity index (χ1n) is 14.6. The summed E-state index contributed by atoms with van der Waals surface area (Å²) in [4.78, 5) is 39.9. The van der Waals surface area contributed by atoms with Gasteiger partial charge in [0.2, 0.25) is 5.91 Å². The normalized spacial score (nSPS) is 22.3. The number of nitrogens with one attached hydrogen (secondary N) is 1. The van der Waals surface area contributed by atoms with Crippen LogP contribution in [0.25, 0.3) is 22.0 Å². The van der Waals surface area contributed by atoms with E-state index in [1.165, 1.54) is 0 Å². The van der Waals surface area contributed by atoms with Gasteiger partial charge < -0.3 is 25.4 Å². The molecule has 2 aliphatic heterocycles. The lowest BCUT2D eigenvalue weighted by Crippen LogP contribution is -2.43. The Bertz CT molecular complexity index is 1500. The average Bonchev–Trinajstić information content (AvgIpc) is 3.27. The van der Waals surface area contributed by atoms with Crippen molar-refractivity contribution in [2.75, 3.05) is 31.6 Å². The van der Waals surface area contributed by atoms with E-state index >= 15 is 0 Å². The first-order valence-corrected chi connectivity index (χ1v) is 14.6. The summed E-state index contributed by atoms with van der Waals surface area (Å²) in [5, 5.41) is 4.60. The molecule has 1 aliphatic carbocycles. The van der Waals surface area contributed by atoms with Gasteiger partial charge in [-0.1, -0.05) is 38.1 Å². The number of para-hydroxylation sites is 1. The molecule has 3 aliphatic rings. The highest BCUT2D eigenvalue weighted by Crippen LogP contribution is 2.43. The molecule has 6 rings (SSSR count). The number of aromatic nitrogens is 1. The standard InChI is InChI=1S/C32H38N4O5/c1-32(2)18-27-29(24-5-3-4-6-26(24)36(27)28(37)19-32)20-7-12-23(30(33)38)25(17-20)34-21-8-10-22(11-9-21)41-31(39)35-13-15-40-16-14-35/h3-7,12,17,21-22,34H,8-11,13-16,18-19H2,1-2H3,(H2,33,38)/t21-,22-. The van der Waals surface area contributed by atoms with Crippen molar-refractivity contribution < 1.29 is 23.9 Å². The summed E-state index contributed by atoms with van der Waals surface area (Å²) in [6.07, 6.45) is 3.98. The lowest BCUT2D eigenvalue weighted by Gasteiger charge is -2.32. The maximum absolute atomic E-state index is 13.3. The minimum Gasteiger partial charge on any atom is -0.446 e. The number of amides is 2. The molecule has 3 aromatic rings. The molecular weight excluding hydrogens is 520 g/mol. The fraction of sp³-hybridized carbons (Fsp3) is 0.469. The molecule has 9 heteroatoms. The number of ether oxygens (including phenoxy) is 2. The molecule has 0 spiro atoms. The molecule has 0 unspecified atom stereocenters. The summed E-state index contributed by atoms with van der Waals surface area (Å²) in [7, 11) is 0. The van der Waals surface area contributed by atoms with Gasteiger partial charge in [-0.05, 0) is 61.3 Å². The van der Waals surface area contributed by atoms with Gasteiger partial charge in [0, 0.05) is 47.9 Å². The second kappa shape index (κ2) is 10.9. The lowest BCUT2D eigenvalue weighted by atomic mass is 9.80. The number of anilines is 1. The molecule has 2 aromatic carbocycles. The minimum atomic E-state index is -0.493. The summed E-state index contributed by atoms with van der Waals surface area (Å²) in [5.74, 6) is -0.385. The van der Waals surface area contributed by atoms with Crippen molar-refractivity contribution in [3.8, 4) is 11.1 Å². The van der Waals surface area contributed by atoms with Crippen LogP contribution in [-0.4, -0.2) is 65.8 Å². The maximum atomic E-state index is 13.3. The molecule has 3 heterocycles. The number of carbonyl (C=O) groups is 3. The number of hydrogen-bond acceptors (Lipinski definition) is 6. The summed E-state index contributed by atoms with van der Waals surface area (Å²) in [5.41, 5.74) is 10.7. The second-order valence-corrected chi connectivity index (χ2v) is 12.3. The van der Waals surface area contributed by atoms with E-state index in [1.54, 1.807) is 11.0 Å². The highest BCUT2D eigenvalue weighted by Gasteiger charge is 2.35. The van der Waals surface area contributed by atoms with Crippen molar-refractivity contribution in [1.29, 1.82) is 0 Å². The zero-order valence-corrected chi connectivity index (χ0v) is 23.8. The van der Waals surface area contributed by atoms with E-state index in [0.717, 1.165) is 59.8 Å². The summed E-state index contributed by atoms with van der Waals surface area (Å²) < 4.78 is 13.0. The first kappa shape index (κ1) is 27.3. The highest BCUT2D eigenvalue weighted by molar-refractivity contribution is 6.06. The molecular formula is C32H38N4O5. The first-order chi connectivity index (χ1) is 19.7. The fourth-order valence-electron chi connectivity index (χ4n) is 6.61. The number of morpholine rings is 1. The van der Waals surface area contributed by atoms with Crippen molar-refractivity contribution in [2.24, 2.45) is 11.1 Å². The van der Waals surface area contributed by atoms with E-state index in [-0.39, 0.29) is 29.6 Å². The SMILES string of the molecule is CC1(C)CC(=O)n2c(c(-c3ccc(C(N)=O)c(N[C@H]4CC[C@H](OC(=O)N5CCOCC5)CC4)c3)c3ccccc32)C1. The Morgan fingerprint density at radius 1 is 1.02 bits per heavy atom. The van der Waals surface area contributed by atoms with Gasteiger partial charge in [-0.15, -0.1) is 0 Å². The summed E-state index contributed by atoms with van der Waals surface area (Å²) in [6.45, 7) is 6.48. The predicted molar refractivity (Wildman–Crippen MR) is 157 cm³/mol. The van der Waals surface area contributed by atoms with Crippen molar-refractivity contribution in [3.05, 3.63) is 53.7 Å². The summed E-state index contributed by atoms with van der Waals surface area (Å²) in [6, 6.07) is 13.8. The quantitative estimate of drug-likeness (QED) is 0.444. The molecule has 2 fully saturated rings. The Hall–Kier alpha value is -3.85. The van der Waals surface area contributed by atoms with Crippen LogP contribution in [0, 0.1) is 5.41 Å². The van der Waals surface area contributed by atoms with E-state index in [2.05, 4.69) is 25.2 Å². The van der Waals surface area contributed by atoms with Crippen molar-refractivity contribution in [1.82, 2.24) is 9.47 Å². The molecule has 0 atom stereocenters. The monoisotopic (exact) mass is 558 g/mol. The van der Waals surface area contributed by atoms with Crippen LogP contribution in [0.5, 0.6) is 0 Å². The van der Waals surface area contributed by atoms with E-state index < -0.39 is 5.91 Å². The smallest absolute Gasteiger partial charge is 0.410 e. The zero-order valence-electron chi connectivity index (χ0n) is 23.8. The van der Waals surface area contributed by atoms with Crippen LogP contribution in [0.3, 0.4) is 0 Å². The maximum Gasteiger partial charge on any atom is 0.410 e. The molecule has 9 nitrogen and oxygen atoms in total. The minimum absolute atomic E-state index is 0.108. The fourth-order valence-corrected chi connectivity index (χ4v) is 6.61. The highest BCUT2D eigenvalue weighted by atomic mass is 16.6. The Morgan fingerprint density at radius 2 is 1.76 bits per heavy atom. The Kier molecular flexibility index (Phi) is 7.23. The molecule has 41 heavy (non-hydrogen) atoms. The Labute approximate surface area is 240 Å². The third-order valence-corrected chi connectivity index (χ3v) is 8.64. The number of rotatable bonds is 5. The molecule has 1 saturated heterocycles. The van der Waals surface area contributed by atoms with Crippen molar-refractivity contribution in [2.45, 2.75) is 64.5 Å². The van der Waals surface area contributed by atoms with Crippen LogP contribution < -0.4 is 11.1 Å². The van der Waals surface area contributed by atoms with Crippen LogP contribution in [-0.2, 0) is 15.9 Å². The van der Waals surface area contributed by atoms with Crippen LogP contribution in [0.15, 0.2) is 42.5 Å². The molecule has 0 bridgehead atoms. The number of fused-ring (bicyclic) bond motifs is 3. The molecule has 0 radical (unpaired) electrons. The zero-order chi connectivity index (χ0) is 28.7. The average molecular weight is 559 g/mol. The molecule has 3 N–H and O–H groups in total. The number of nitrogens with two attached hydrogens (primary N) is 1. The number of benzene rings is 2. The van der Waals surface area contributed by atoms with Gasteiger partial charge in [-0.3, -0.25) is 14.2 Å². The number of hydrogen-bond donors (Lipinski definition) is 2. The Balaban J connectivity index is 1.25. The summed E-state index contributed by atoms with van der Waals surface area (Å²) >= 11 is 0. The van der Waals surface area contributed by atoms with Gasteiger partial charge >= 0.3 is 6.09 Å². The van der Waals surface area contributed by atoms with E-state index in [1.807, 2.05) is 34.9 Å². The second-order valence-electron chi connectivity index (χ2n) is 12.3. The van der Waals surface area contributed by atoms with Gasteiger partial charge in [0.1, 0.15) is 6.10 Å². The Morgan fingerprint density at radius 3 is 2.49 bits per heavy atom. The van der Waals surface area contributed by atoms with Crippen molar-refractivity contribution >= 4 is 34.5 Å². The van der Waals surface area contributed by atoms with Gasteiger partial charge in [-0.2, -0.15) is 0 Å². The molecule has 1 saturated carbocycles. The van der Waals surface area contributed by atoms with Gasteiger partial charge in [0.15, 0.2) is 0 Å². The van der Waals surface area contributed by atoms with Crippen LogP contribution in [0.2, 0.25) is 0 Å².